The van der Waals surface area contributed by atoms with E-state index in [1.807, 2.05) is 0 Å². The van der Waals surface area contributed by atoms with Crippen molar-refractivity contribution in [3.8, 4) is 0 Å². The van der Waals surface area contributed by atoms with Gasteiger partial charge >= 0.3 is 11.9 Å². The van der Waals surface area contributed by atoms with Crippen molar-refractivity contribution < 1.29 is 27.5 Å². The lowest BCUT2D eigenvalue weighted by atomic mass is 9.97. The summed E-state index contributed by atoms with van der Waals surface area (Å²) in [5.74, 6) is -3.22. The average Bonchev–Trinajstić information content (AvgIpc) is 2.78. The Morgan fingerprint density at radius 1 is 1.12 bits per heavy atom. The van der Waals surface area contributed by atoms with Crippen LogP contribution in [0.3, 0.4) is 0 Å². The molecule has 0 bridgehead atoms. The highest BCUT2D eigenvalue weighted by atomic mass is 19.4. The van der Waals surface area contributed by atoms with Gasteiger partial charge in [-0.2, -0.15) is 13.2 Å². The lowest BCUT2D eigenvalue weighted by Crippen LogP contribution is -2.50. The van der Waals surface area contributed by atoms with E-state index in [0.717, 1.165) is 12.1 Å². The SMILES string of the molecule is O=C1Nc2c(c(=O)[nH]c(=O)n2Cc2ccc(F)cc2)C1(O)C(F)(F)F. The Bertz CT molecular complexity index is 978. The number of nitrogens with one attached hydrogen (secondary N) is 2. The minimum atomic E-state index is -5.48. The first-order valence-corrected chi connectivity index (χ1v) is 6.78. The number of carbonyl (C=O) groups is 1. The summed E-state index contributed by atoms with van der Waals surface area (Å²) in [6, 6.07) is 4.67. The van der Waals surface area contributed by atoms with Crippen LogP contribution < -0.4 is 16.6 Å². The second-order valence-corrected chi connectivity index (χ2v) is 5.36. The summed E-state index contributed by atoms with van der Waals surface area (Å²) in [5, 5.41) is 11.6. The number of alkyl halides is 3. The molecule has 11 heteroatoms. The van der Waals surface area contributed by atoms with Gasteiger partial charge in [-0.05, 0) is 17.7 Å². The highest BCUT2D eigenvalue weighted by Gasteiger charge is 2.66. The summed E-state index contributed by atoms with van der Waals surface area (Å²) in [7, 11) is 0. The van der Waals surface area contributed by atoms with Crippen LogP contribution in [0.1, 0.15) is 11.1 Å². The fourth-order valence-corrected chi connectivity index (χ4v) is 2.54. The summed E-state index contributed by atoms with van der Waals surface area (Å²) in [5.41, 5.74) is -7.71. The molecule has 1 aliphatic rings. The Balaban J connectivity index is 2.22. The van der Waals surface area contributed by atoms with Crippen molar-refractivity contribution in [2.75, 3.05) is 5.32 Å². The van der Waals surface area contributed by atoms with Gasteiger partial charge < -0.3 is 10.4 Å². The topological polar surface area (TPSA) is 104 Å². The number of hydrogen-bond acceptors (Lipinski definition) is 4. The molecule has 7 nitrogen and oxygen atoms in total. The molecule has 0 fully saturated rings. The molecule has 1 atom stereocenters. The van der Waals surface area contributed by atoms with E-state index in [9.17, 15) is 37.1 Å². The van der Waals surface area contributed by atoms with Crippen LogP contribution >= 0.6 is 0 Å². The number of aromatic amines is 1. The Morgan fingerprint density at radius 3 is 2.28 bits per heavy atom. The molecule has 1 unspecified atom stereocenters. The van der Waals surface area contributed by atoms with Gasteiger partial charge in [0, 0.05) is 0 Å². The molecule has 3 N–H and O–H groups in total. The molecule has 2 aromatic rings. The summed E-state index contributed by atoms with van der Waals surface area (Å²) >= 11 is 0. The minimum Gasteiger partial charge on any atom is -0.368 e. The number of hydrogen-bond donors (Lipinski definition) is 3. The molecule has 2 heterocycles. The first-order valence-electron chi connectivity index (χ1n) is 6.78. The third kappa shape index (κ3) is 2.43. The fraction of sp³-hybridized carbons (Fsp3) is 0.214. The first-order chi connectivity index (χ1) is 11.6. The van der Waals surface area contributed by atoms with Crippen molar-refractivity contribution in [3.63, 3.8) is 0 Å². The standard InChI is InChI=1S/C14H9F4N3O4/c15-7-3-1-6(2-4-7)5-21-9-8(10(22)20-12(21)24)13(25,11(23)19-9)14(16,17)18/h1-4,25H,5H2,(H,19,23)(H,20,22,24). The van der Waals surface area contributed by atoms with Gasteiger partial charge in [0.2, 0.25) is 0 Å². The molecule has 0 saturated carbocycles. The number of anilines is 1. The number of rotatable bonds is 2. The van der Waals surface area contributed by atoms with Crippen LogP contribution in [0, 0.1) is 5.82 Å². The molecule has 1 aliphatic heterocycles. The number of fused-ring (bicyclic) bond motifs is 1. The van der Waals surface area contributed by atoms with E-state index in [4.69, 9.17) is 0 Å². The first kappa shape index (κ1) is 16.9. The Hall–Kier alpha value is -2.95. The molecule has 0 saturated heterocycles. The van der Waals surface area contributed by atoms with Crippen molar-refractivity contribution in [1.29, 1.82) is 0 Å². The van der Waals surface area contributed by atoms with Gasteiger partial charge in [-0.3, -0.25) is 19.1 Å². The van der Waals surface area contributed by atoms with Crippen molar-refractivity contribution >= 4 is 11.7 Å². The van der Waals surface area contributed by atoms with E-state index in [-0.39, 0.29) is 6.54 Å². The fourth-order valence-electron chi connectivity index (χ4n) is 2.54. The molecule has 0 radical (unpaired) electrons. The highest BCUT2D eigenvalue weighted by molar-refractivity contribution is 6.04. The Labute approximate surface area is 135 Å². The van der Waals surface area contributed by atoms with Gasteiger partial charge in [-0.15, -0.1) is 0 Å². The zero-order valence-electron chi connectivity index (χ0n) is 12.1. The highest BCUT2D eigenvalue weighted by Crippen LogP contribution is 2.44. The maximum absolute atomic E-state index is 13.2. The maximum Gasteiger partial charge on any atom is 0.431 e. The van der Waals surface area contributed by atoms with Crippen LogP contribution in [-0.2, 0) is 16.9 Å². The smallest absolute Gasteiger partial charge is 0.368 e. The van der Waals surface area contributed by atoms with Crippen LogP contribution in [0.2, 0.25) is 0 Å². The van der Waals surface area contributed by atoms with Crippen LogP contribution in [-0.4, -0.2) is 26.7 Å². The monoisotopic (exact) mass is 359 g/mol. The second-order valence-electron chi connectivity index (χ2n) is 5.36. The van der Waals surface area contributed by atoms with Crippen LogP contribution in [0.15, 0.2) is 33.9 Å². The van der Waals surface area contributed by atoms with Crippen molar-refractivity contribution in [1.82, 2.24) is 9.55 Å². The molecule has 3 rings (SSSR count). The van der Waals surface area contributed by atoms with E-state index in [0.29, 0.717) is 10.1 Å². The molecule has 1 amide bonds. The van der Waals surface area contributed by atoms with Crippen LogP contribution in [0.25, 0.3) is 0 Å². The van der Waals surface area contributed by atoms with Crippen molar-refractivity contribution in [3.05, 3.63) is 62.0 Å². The largest absolute Gasteiger partial charge is 0.431 e. The number of nitrogens with zero attached hydrogens (tertiary/aromatic N) is 1. The summed E-state index contributed by atoms with van der Waals surface area (Å²) in [6.07, 6.45) is -5.48. The number of H-pyrrole nitrogens is 1. The lowest BCUT2D eigenvalue weighted by molar-refractivity contribution is -0.252. The van der Waals surface area contributed by atoms with E-state index >= 15 is 0 Å². The molecule has 1 aromatic carbocycles. The summed E-state index contributed by atoms with van der Waals surface area (Å²) < 4.78 is 53.1. The summed E-state index contributed by atoms with van der Waals surface area (Å²) in [6.45, 7) is -0.369. The molecule has 25 heavy (non-hydrogen) atoms. The molecular formula is C14H9F4N3O4. The van der Waals surface area contributed by atoms with E-state index in [1.165, 1.54) is 12.1 Å². The number of aromatic nitrogens is 2. The number of amides is 1. The van der Waals surface area contributed by atoms with E-state index < -0.39 is 46.1 Å². The van der Waals surface area contributed by atoms with Crippen LogP contribution in [0.4, 0.5) is 23.4 Å². The predicted molar refractivity (Wildman–Crippen MR) is 75.4 cm³/mol. The number of aliphatic hydroxyl groups is 1. The Morgan fingerprint density at radius 2 is 1.72 bits per heavy atom. The van der Waals surface area contributed by atoms with Gasteiger partial charge in [-0.1, -0.05) is 12.1 Å². The maximum atomic E-state index is 13.2. The molecule has 0 spiro atoms. The zero-order valence-corrected chi connectivity index (χ0v) is 12.1. The second kappa shape index (κ2) is 5.28. The third-order valence-electron chi connectivity index (χ3n) is 3.79. The Kier molecular flexibility index (Phi) is 3.56. The molecule has 1 aromatic heterocycles. The van der Waals surface area contributed by atoms with Gasteiger partial charge in [-0.25, -0.2) is 9.18 Å². The lowest BCUT2D eigenvalue weighted by Gasteiger charge is -2.22. The molecule has 132 valence electrons. The van der Waals surface area contributed by atoms with Gasteiger partial charge in [0.25, 0.3) is 17.1 Å². The minimum absolute atomic E-state index is 0.314. The van der Waals surface area contributed by atoms with Crippen molar-refractivity contribution in [2.45, 2.75) is 18.3 Å². The van der Waals surface area contributed by atoms with Crippen molar-refractivity contribution in [2.24, 2.45) is 0 Å². The van der Waals surface area contributed by atoms with E-state index in [2.05, 4.69) is 0 Å². The van der Waals surface area contributed by atoms with Gasteiger partial charge in [0.1, 0.15) is 17.2 Å². The average molecular weight is 359 g/mol. The van der Waals surface area contributed by atoms with E-state index in [1.54, 1.807) is 10.3 Å². The summed E-state index contributed by atoms with van der Waals surface area (Å²) in [4.78, 5) is 37.1. The predicted octanol–water partition coefficient (Wildman–Crippen LogP) is 0.426. The molecule has 0 aliphatic carbocycles. The third-order valence-corrected chi connectivity index (χ3v) is 3.79. The van der Waals surface area contributed by atoms with Crippen LogP contribution in [0.5, 0.6) is 0 Å². The number of carbonyl (C=O) groups excluding carboxylic acids is 1. The number of halogens is 4. The normalized spacial score (nSPS) is 19.6. The zero-order chi connectivity index (χ0) is 18.6. The van der Waals surface area contributed by atoms with Gasteiger partial charge in [0.05, 0.1) is 6.54 Å². The number of benzene rings is 1. The molecular weight excluding hydrogens is 350 g/mol. The quantitative estimate of drug-likeness (QED) is 0.676. The van der Waals surface area contributed by atoms with Gasteiger partial charge in [0.15, 0.2) is 0 Å².